The van der Waals surface area contributed by atoms with E-state index in [1.54, 1.807) is 21.6 Å². The van der Waals surface area contributed by atoms with E-state index in [0.717, 1.165) is 0 Å². The molecular formula is C8H8KO4P. The second-order valence-electron chi connectivity index (χ2n) is 2.26. The predicted octanol–water partition coefficient (Wildman–Crippen LogP) is 0.683. The van der Waals surface area contributed by atoms with Gasteiger partial charge in [-0.3, -0.25) is 0 Å². The second kappa shape index (κ2) is 6.66. The van der Waals surface area contributed by atoms with Crippen molar-refractivity contribution in [2.45, 2.75) is 0 Å². The van der Waals surface area contributed by atoms with Crippen LogP contribution in [0.1, 0.15) is 20.7 Å². The molecule has 0 aromatic heterocycles. The molecule has 0 saturated carbocycles. The summed E-state index contributed by atoms with van der Waals surface area (Å²) < 4.78 is 4.34. The van der Waals surface area contributed by atoms with E-state index in [1.165, 1.54) is 12.1 Å². The summed E-state index contributed by atoms with van der Waals surface area (Å²) in [7, 11) is 1.78. The van der Waals surface area contributed by atoms with Crippen LogP contribution in [0, 0.1) is 0 Å². The van der Waals surface area contributed by atoms with Gasteiger partial charge in [0.25, 0.3) is 0 Å². The maximum absolute atomic E-state index is 11.0. The molecule has 6 heteroatoms. The molecule has 0 aliphatic carbocycles. The van der Waals surface area contributed by atoms with E-state index in [-0.39, 0.29) is 62.5 Å². The fourth-order valence-electron chi connectivity index (χ4n) is 0.911. The first-order chi connectivity index (χ1) is 6.16. The Morgan fingerprint density at radius 1 is 1.21 bits per heavy atom. The Labute approximate surface area is 126 Å². The maximum atomic E-state index is 11.0. The van der Waals surface area contributed by atoms with E-state index in [2.05, 4.69) is 4.52 Å². The first kappa shape index (κ1) is 14.2. The minimum absolute atomic E-state index is 0. The van der Waals surface area contributed by atoms with Crippen molar-refractivity contribution in [3.8, 4) is 0 Å². The Morgan fingerprint density at radius 2 is 1.71 bits per heavy atom. The van der Waals surface area contributed by atoms with Crippen molar-refractivity contribution in [3.63, 3.8) is 0 Å². The minimum atomic E-state index is -1.15. The van der Waals surface area contributed by atoms with Crippen LogP contribution in [-0.4, -0.2) is 68.4 Å². The average molecular weight is 238 g/mol. The van der Waals surface area contributed by atoms with Gasteiger partial charge >= 0.3 is 63.3 Å². The molecular weight excluding hydrogens is 230 g/mol. The Hall–Kier alpha value is 0.226. The Kier molecular flexibility index (Phi) is 6.77. The molecule has 0 bridgehead atoms. The van der Waals surface area contributed by atoms with Crippen LogP contribution in [0.3, 0.4) is 0 Å². The van der Waals surface area contributed by atoms with Crippen molar-refractivity contribution in [1.82, 2.24) is 0 Å². The quantitative estimate of drug-likeness (QED) is 0.608. The van der Waals surface area contributed by atoms with Crippen molar-refractivity contribution in [2.75, 3.05) is 0 Å². The molecule has 1 unspecified atom stereocenters. The van der Waals surface area contributed by atoms with E-state index < -0.39 is 11.9 Å². The van der Waals surface area contributed by atoms with Crippen LogP contribution >= 0.6 is 9.47 Å². The van der Waals surface area contributed by atoms with Gasteiger partial charge in [-0.1, -0.05) is 12.1 Å². The van der Waals surface area contributed by atoms with Crippen molar-refractivity contribution in [1.29, 1.82) is 0 Å². The van der Waals surface area contributed by atoms with Crippen molar-refractivity contribution >= 4 is 72.8 Å². The third-order valence-electron chi connectivity index (χ3n) is 1.48. The van der Waals surface area contributed by atoms with Gasteiger partial charge in [-0.15, -0.1) is 0 Å². The second-order valence-corrected chi connectivity index (χ2v) is 2.49. The molecule has 0 radical (unpaired) electrons. The molecule has 14 heavy (non-hydrogen) atoms. The first-order valence-corrected chi connectivity index (χ1v) is 3.87. The molecule has 1 aromatic carbocycles. The molecule has 4 nitrogen and oxygen atoms in total. The van der Waals surface area contributed by atoms with Crippen LogP contribution in [0.15, 0.2) is 24.3 Å². The number of carbonyl (C=O) groups excluding carboxylic acids is 1. The van der Waals surface area contributed by atoms with E-state index in [1.807, 2.05) is 0 Å². The van der Waals surface area contributed by atoms with Crippen LogP contribution in [0.5, 0.6) is 0 Å². The van der Waals surface area contributed by atoms with Crippen LogP contribution < -0.4 is 0 Å². The number of carbonyl (C=O) groups is 2. The zero-order valence-electron chi connectivity index (χ0n) is 6.56. The fraction of sp³-hybridized carbons (Fsp3) is 0. The molecule has 1 aromatic rings. The molecule has 0 saturated heterocycles. The number of benzene rings is 1. The Morgan fingerprint density at radius 3 is 2.14 bits per heavy atom. The Balaban J connectivity index is 0.00000169. The van der Waals surface area contributed by atoms with Gasteiger partial charge in [0.15, 0.2) is 0 Å². The zero-order valence-corrected chi connectivity index (χ0v) is 7.71. The van der Waals surface area contributed by atoms with Gasteiger partial charge in [0, 0.05) is 0 Å². The molecule has 0 heterocycles. The number of hydrogen-bond donors (Lipinski definition) is 1. The number of carboxylic acid groups (broad SMARTS) is 1. The van der Waals surface area contributed by atoms with Crippen LogP contribution in [0.4, 0.5) is 0 Å². The molecule has 1 rings (SSSR count). The van der Waals surface area contributed by atoms with Crippen molar-refractivity contribution in [2.24, 2.45) is 0 Å². The number of carboxylic acids is 1. The topological polar surface area (TPSA) is 63.6 Å². The molecule has 0 amide bonds. The predicted molar refractivity (Wildman–Crippen MR) is 55.7 cm³/mol. The van der Waals surface area contributed by atoms with Gasteiger partial charge in [-0.2, -0.15) is 0 Å². The molecule has 0 aliphatic heterocycles. The van der Waals surface area contributed by atoms with Crippen molar-refractivity contribution in [3.05, 3.63) is 35.4 Å². The van der Waals surface area contributed by atoms with Gasteiger partial charge in [0.2, 0.25) is 0 Å². The van der Waals surface area contributed by atoms with E-state index in [0.29, 0.717) is 0 Å². The summed E-state index contributed by atoms with van der Waals surface area (Å²) in [4.78, 5) is 21.7. The summed E-state index contributed by atoms with van der Waals surface area (Å²) in [6.45, 7) is 0. The summed E-state index contributed by atoms with van der Waals surface area (Å²) in [6, 6.07) is 5.86. The molecule has 1 N–H and O–H groups in total. The number of hydrogen-bond acceptors (Lipinski definition) is 3. The fourth-order valence-corrected chi connectivity index (χ4v) is 1.04. The van der Waals surface area contributed by atoms with Gasteiger partial charge in [-0.05, 0) is 12.1 Å². The Bertz CT molecular complexity index is 353. The monoisotopic (exact) mass is 238 g/mol. The third kappa shape index (κ3) is 3.42. The number of aromatic carboxylic acids is 1. The summed E-state index contributed by atoms with van der Waals surface area (Å²) >= 11 is 0. The first-order valence-electron chi connectivity index (χ1n) is 3.40. The van der Waals surface area contributed by atoms with Crippen molar-refractivity contribution < 1.29 is 19.2 Å². The van der Waals surface area contributed by atoms with Crippen LogP contribution in [-0.2, 0) is 4.52 Å². The molecule has 1 atom stereocenters. The molecule has 0 fully saturated rings. The average Bonchev–Trinajstić information content (AvgIpc) is 2.16. The summed E-state index contributed by atoms with van der Waals surface area (Å²) in [5, 5.41) is 8.70. The third-order valence-corrected chi connectivity index (χ3v) is 1.70. The van der Waals surface area contributed by atoms with E-state index >= 15 is 0 Å². The van der Waals surface area contributed by atoms with Gasteiger partial charge < -0.3 is 9.63 Å². The number of rotatable bonds is 2. The molecule has 0 spiro atoms. The van der Waals surface area contributed by atoms with Gasteiger partial charge in [0.05, 0.1) is 20.6 Å². The van der Waals surface area contributed by atoms with Crippen LogP contribution in [0.2, 0.25) is 0 Å². The van der Waals surface area contributed by atoms with Crippen LogP contribution in [0.25, 0.3) is 0 Å². The SMILES string of the molecule is O=C(O)c1ccccc1C(=O)OP.[KH]. The molecule has 70 valence electrons. The zero-order chi connectivity index (χ0) is 9.84. The van der Waals surface area contributed by atoms with E-state index in [4.69, 9.17) is 5.11 Å². The summed E-state index contributed by atoms with van der Waals surface area (Å²) in [5.41, 5.74) is -0.0139. The standard InChI is InChI=1S/C8H7O4P.K.H/c9-7(10)5-3-1-2-4-6(5)8(11)12-13;;/h1-4H,13H2,(H,9,10);;. The summed E-state index contributed by atoms with van der Waals surface area (Å²) in [6.07, 6.45) is 0. The normalized spacial score (nSPS) is 8.64. The van der Waals surface area contributed by atoms with Gasteiger partial charge in [-0.25, -0.2) is 9.59 Å². The van der Waals surface area contributed by atoms with E-state index in [9.17, 15) is 9.59 Å². The molecule has 0 aliphatic rings. The summed E-state index contributed by atoms with van der Waals surface area (Å²) in [5.74, 6) is -1.82. The van der Waals surface area contributed by atoms with Gasteiger partial charge in [0.1, 0.15) is 0 Å².